The molecule has 0 amide bonds. The molecule has 4 heteroatoms. The lowest BCUT2D eigenvalue weighted by molar-refractivity contribution is -0.140. The van der Waals surface area contributed by atoms with Gasteiger partial charge in [0.1, 0.15) is 6.29 Å². The van der Waals surface area contributed by atoms with Crippen molar-refractivity contribution in [2.75, 3.05) is 13.2 Å². The molecule has 1 aromatic rings. The Kier molecular flexibility index (Phi) is 8.55. The predicted octanol–water partition coefficient (Wildman–Crippen LogP) is 3.64. The van der Waals surface area contributed by atoms with Gasteiger partial charge in [-0.05, 0) is 39.2 Å². The molecule has 0 N–H and O–H groups in total. The second kappa shape index (κ2) is 10.2. The average Bonchev–Trinajstić information content (AvgIpc) is 2.51. The van der Waals surface area contributed by atoms with Crippen molar-refractivity contribution >= 4 is 12.1 Å². The summed E-state index contributed by atoms with van der Waals surface area (Å²) in [7, 11) is 0. The van der Waals surface area contributed by atoms with Gasteiger partial charge in [0.05, 0.1) is 0 Å². The molecule has 0 aliphatic rings. The summed E-state index contributed by atoms with van der Waals surface area (Å²) >= 11 is 0. The van der Waals surface area contributed by atoms with Crippen LogP contribution in [0.4, 0.5) is 0 Å². The first-order chi connectivity index (χ1) is 10.2. The topological polar surface area (TPSA) is 52.6 Å². The number of carbonyl (C=O) groups excluding carboxylic acids is 2. The molecule has 1 rings (SSSR count). The number of carbonyl (C=O) groups is 2. The van der Waals surface area contributed by atoms with Crippen LogP contribution in [0.25, 0.3) is 0 Å². The van der Waals surface area contributed by atoms with Gasteiger partial charge < -0.3 is 9.47 Å². The van der Waals surface area contributed by atoms with E-state index in [1.807, 2.05) is 13.8 Å². The van der Waals surface area contributed by atoms with Crippen LogP contribution in [0.5, 0.6) is 0 Å². The quantitative estimate of drug-likeness (QED) is 0.270. The molecule has 0 fully saturated rings. The third-order valence-corrected chi connectivity index (χ3v) is 3.14. The molecular formula is C17H24O4. The molecule has 0 radical (unpaired) electrons. The first-order valence-corrected chi connectivity index (χ1v) is 7.52. The van der Waals surface area contributed by atoms with Crippen LogP contribution < -0.4 is 0 Å². The van der Waals surface area contributed by atoms with Crippen LogP contribution >= 0.6 is 0 Å². The number of benzene rings is 1. The normalized spacial score (nSPS) is 10.8. The Balaban J connectivity index is 2.34. The van der Waals surface area contributed by atoms with Crippen molar-refractivity contribution in [3.8, 4) is 0 Å². The first kappa shape index (κ1) is 17.5. The zero-order valence-electron chi connectivity index (χ0n) is 12.8. The maximum Gasteiger partial charge on any atom is 0.162 e. The Morgan fingerprint density at radius 3 is 2.52 bits per heavy atom. The summed E-state index contributed by atoms with van der Waals surface area (Å²) in [5, 5.41) is 0. The molecule has 0 unspecified atom stereocenters. The average molecular weight is 292 g/mol. The van der Waals surface area contributed by atoms with Gasteiger partial charge >= 0.3 is 0 Å². The summed E-state index contributed by atoms with van der Waals surface area (Å²) in [6, 6.07) is 6.81. The van der Waals surface area contributed by atoms with Crippen molar-refractivity contribution in [1.82, 2.24) is 0 Å². The highest BCUT2D eigenvalue weighted by Crippen LogP contribution is 2.12. The fourth-order valence-corrected chi connectivity index (χ4v) is 2.11. The lowest BCUT2D eigenvalue weighted by Crippen LogP contribution is -2.17. The van der Waals surface area contributed by atoms with Crippen LogP contribution in [0.2, 0.25) is 0 Å². The molecule has 1 aromatic carbocycles. The van der Waals surface area contributed by atoms with E-state index in [1.165, 1.54) is 0 Å². The summed E-state index contributed by atoms with van der Waals surface area (Å²) in [6.45, 7) is 5.13. The molecule has 0 spiro atoms. The Labute approximate surface area is 126 Å². The fraction of sp³-hybridized carbons (Fsp3) is 0.529. The highest BCUT2D eigenvalue weighted by Gasteiger charge is 2.10. The van der Waals surface area contributed by atoms with Crippen molar-refractivity contribution in [2.24, 2.45) is 0 Å². The van der Waals surface area contributed by atoms with Crippen LogP contribution in [0.3, 0.4) is 0 Å². The Hall–Kier alpha value is -1.52. The minimum absolute atomic E-state index is 0.0723. The SMILES string of the molecule is CCOC(CCCCC(=O)c1cccc(C=O)c1)OCC. The zero-order chi connectivity index (χ0) is 15.5. The summed E-state index contributed by atoms with van der Waals surface area (Å²) in [5.41, 5.74) is 1.14. The van der Waals surface area contributed by atoms with Crippen LogP contribution in [0, 0.1) is 0 Å². The van der Waals surface area contributed by atoms with Gasteiger partial charge in [-0.1, -0.05) is 18.2 Å². The molecule has 0 saturated heterocycles. The summed E-state index contributed by atoms with van der Waals surface area (Å²) in [5.74, 6) is 0.0723. The molecule has 0 aromatic heterocycles. The number of rotatable bonds is 11. The molecule has 0 atom stereocenters. The number of aldehydes is 1. The zero-order valence-corrected chi connectivity index (χ0v) is 12.8. The number of unbranched alkanes of at least 4 members (excludes halogenated alkanes) is 1. The number of ketones is 1. The number of ether oxygens (including phenoxy) is 2. The van der Waals surface area contributed by atoms with Gasteiger partial charge in [0.15, 0.2) is 12.1 Å². The minimum Gasteiger partial charge on any atom is -0.353 e. The van der Waals surface area contributed by atoms with Gasteiger partial charge in [-0.15, -0.1) is 0 Å². The van der Waals surface area contributed by atoms with E-state index in [1.54, 1.807) is 24.3 Å². The van der Waals surface area contributed by atoms with E-state index in [9.17, 15) is 9.59 Å². The van der Waals surface area contributed by atoms with Gasteiger partial charge in [0, 0.05) is 30.8 Å². The highest BCUT2D eigenvalue weighted by atomic mass is 16.7. The Morgan fingerprint density at radius 1 is 1.19 bits per heavy atom. The molecule has 21 heavy (non-hydrogen) atoms. The van der Waals surface area contributed by atoms with Gasteiger partial charge in [0.2, 0.25) is 0 Å². The Bertz CT molecular complexity index is 436. The lowest BCUT2D eigenvalue weighted by atomic mass is 10.0. The first-order valence-electron chi connectivity index (χ1n) is 7.52. The van der Waals surface area contributed by atoms with Crippen LogP contribution in [-0.4, -0.2) is 31.6 Å². The van der Waals surface area contributed by atoms with Gasteiger partial charge in [-0.25, -0.2) is 0 Å². The van der Waals surface area contributed by atoms with Crippen molar-refractivity contribution in [2.45, 2.75) is 45.8 Å². The van der Waals surface area contributed by atoms with Crippen molar-refractivity contribution in [1.29, 1.82) is 0 Å². The third kappa shape index (κ3) is 6.65. The predicted molar refractivity (Wildman–Crippen MR) is 81.7 cm³/mol. The molecular weight excluding hydrogens is 268 g/mol. The van der Waals surface area contributed by atoms with E-state index in [-0.39, 0.29) is 12.1 Å². The second-order valence-corrected chi connectivity index (χ2v) is 4.75. The van der Waals surface area contributed by atoms with Crippen LogP contribution in [0.15, 0.2) is 24.3 Å². The lowest BCUT2D eigenvalue weighted by Gasteiger charge is -2.16. The van der Waals surface area contributed by atoms with E-state index in [0.717, 1.165) is 25.5 Å². The molecule has 4 nitrogen and oxygen atoms in total. The standard InChI is InChI=1S/C17H24O4/c1-3-20-17(21-4-2)11-6-5-10-16(19)15-9-7-8-14(12-15)13-18/h7-9,12-13,17H,3-6,10-11H2,1-2H3. The van der Waals surface area contributed by atoms with Crippen molar-refractivity contribution in [3.05, 3.63) is 35.4 Å². The molecule has 0 aliphatic heterocycles. The molecule has 116 valence electrons. The number of hydrogen-bond acceptors (Lipinski definition) is 4. The van der Waals surface area contributed by atoms with Crippen LogP contribution in [0.1, 0.15) is 60.2 Å². The van der Waals surface area contributed by atoms with E-state index in [4.69, 9.17) is 9.47 Å². The van der Waals surface area contributed by atoms with Gasteiger partial charge in [-0.2, -0.15) is 0 Å². The van der Waals surface area contributed by atoms with Gasteiger partial charge in [0.25, 0.3) is 0 Å². The number of Topliss-reactive ketones (excluding diaryl/α,β-unsaturated/α-hetero) is 1. The van der Waals surface area contributed by atoms with Crippen LogP contribution in [-0.2, 0) is 9.47 Å². The molecule has 0 bridgehead atoms. The monoisotopic (exact) mass is 292 g/mol. The van der Waals surface area contributed by atoms with E-state index < -0.39 is 0 Å². The van der Waals surface area contributed by atoms with E-state index in [0.29, 0.717) is 30.8 Å². The second-order valence-electron chi connectivity index (χ2n) is 4.75. The molecule has 0 heterocycles. The maximum absolute atomic E-state index is 12.0. The third-order valence-electron chi connectivity index (χ3n) is 3.14. The van der Waals surface area contributed by atoms with E-state index >= 15 is 0 Å². The minimum atomic E-state index is -0.173. The fourth-order valence-electron chi connectivity index (χ4n) is 2.11. The van der Waals surface area contributed by atoms with Crippen molar-refractivity contribution in [3.63, 3.8) is 0 Å². The summed E-state index contributed by atoms with van der Waals surface area (Å²) < 4.78 is 10.9. The highest BCUT2D eigenvalue weighted by molar-refractivity contribution is 5.97. The largest absolute Gasteiger partial charge is 0.353 e. The van der Waals surface area contributed by atoms with Gasteiger partial charge in [-0.3, -0.25) is 9.59 Å². The Morgan fingerprint density at radius 2 is 1.90 bits per heavy atom. The van der Waals surface area contributed by atoms with Crippen molar-refractivity contribution < 1.29 is 19.1 Å². The smallest absolute Gasteiger partial charge is 0.162 e. The summed E-state index contributed by atoms with van der Waals surface area (Å²) in [6.07, 6.45) is 3.53. The maximum atomic E-state index is 12.0. The summed E-state index contributed by atoms with van der Waals surface area (Å²) in [4.78, 5) is 22.7. The molecule has 0 aliphatic carbocycles. The van der Waals surface area contributed by atoms with E-state index in [2.05, 4.69) is 0 Å². The number of hydrogen-bond donors (Lipinski definition) is 0. The molecule has 0 saturated carbocycles.